The zero-order valence-corrected chi connectivity index (χ0v) is 13.3. The molecule has 5 nitrogen and oxygen atoms in total. The molecule has 120 valence electrons. The Balaban J connectivity index is 2.04. The summed E-state index contributed by atoms with van der Waals surface area (Å²) in [7, 11) is 0. The Hall–Kier alpha value is -2.04. The Bertz CT molecular complexity index is 531. The highest BCUT2D eigenvalue weighted by Gasteiger charge is 2.48. The monoisotopic (exact) mass is 305 g/mol. The summed E-state index contributed by atoms with van der Waals surface area (Å²) in [5.41, 5.74) is 0.532. The summed E-state index contributed by atoms with van der Waals surface area (Å²) in [6.45, 7) is 5.68. The minimum Gasteiger partial charge on any atom is -0.466 e. The first-order chi connectivity index (χ1) is 10.4. The van der Waals surface area contributed by atoms with E-state index in [9.17, 15) is 9.59 Å². The first-order valence-electron chi connectivity index (χ1n) is 7.58. The maximum absolute atomic E-state index is 11.7. The number of benzene rings is 1. The van der Waals surface area contributed by atoms with Gasteiger partial charge in [-0.15, -0.1) is 0 Å². The number of amides is 1. The number of hydrogen-bond donors (Lipinski definition) is 1. The summed E-state index contributed by atoms with van der Waals surface area (Å²) < 4.78 is 10.6. The molecule has 0 aliphatic carbocycles. The van der Waals surface area contributed by atoms with Gasteiger partial charge in [0.25, 0.3) is 0 Å². The molecule has 22 heavy (non-hydrogen) atoms. The van der Waals surface area contributed by atoms with Gasteiger partial charge in [-0.05, 0) is 25.3 Å². The molecule has 1 aliphatic rings. The maximum atomic E-state index is 11.7. The average molecular weight is 305 g/mol. The number of alkyl carbamates (subject to hydrolysis) is 1. The van der Waals surface area contributed by atoms with Crippen LogP contribution in [-0.2, 0) is 20.7 Å². The standard InChI is InChI=1S/C17H23NO4/c1-12(9-10-21-13(2)19)17(3)15(18-16(20)22-17)11-14-7-5-4-6-8-14/h4-8,12,15H,9-11H2,1-3H3,(H,18,20)/t12-,15+,17+/m1/s1. The number of esters is 1. The topological polar surface area (TPSA) is 64.6 Å². The van der Waals surface area contributed by atoms with E-state index in [4.69, 9.17) is 9.47 Å². The van der Waals surface area contributed by atoms with E-state index in [1.54, 1.807) is 0 Å². The molecule has 0 radical (unpaired) electrons. The fraction of sp³-hybridized carbons (Fsp3) is 0.529. The van der Waals surface area contributed by atoms with Gasteiger partial charge in [-0.3, -0.25) is 4.79 Å². The Morgan fingerprint density at radius 3 is 2.73 bits per heavy atom. The van der Waals surface area contributed by atoms with Crippen LogP contribution in [-0.4, -0.2) is 30.3 Å². The SMILES string of the molecule is CC(=O)OCC[C@@H](C)[C@]1(C)OC(=O)N[C@H]1Cc1ccccc1. The van der Waals surface area contributed by atoms with Crippen LogP contribution >= 0.6 is 0 Å². The molecule has 1 aromatic rings. The van der Waals surface area contributed by atoms with Crippen molar-refractivity contribution in [1.82, 2.24) is 5.32 Å². The van der Waals surface area contributed by atoms with E-state index in [1.165, 1.54) is 6.92 Å². The first-order valence-corrected chi connectivity index (χ1v) is 7.58. The summed E-state index contributed by atoms with van der Waals surface area (Å²) in [4.78, 5) is 22.6. The van der Waals surface area contributed by atoms with Crippen LogP contribution in [0.1, 0.15) is 32.8 Å². The molecular weight excluding hydrogens is 282 g/mol. The van der Waals surface area contributed by atoms with Crippen LogP contribution in [0.4, 0.5) is 4.79 Å². The van der Waals surface area contributed by atoms with Crippen LogP contribution < -0.4 is 5.32 Å². The van der Waals surface area contributed by atoms with E-state index >= 15 is 0 Å². The second kappa shape index (κ2) is 6.81. The Morgan fingerprint density at radius 2 is 2.09 bits per heavy atom. The highest BCUT2D eigenvalue weighted by molar-refractivity contribution is 5.71. The van der Waals surface area contributed by atoms with Crippen molar-refractivity contribution in [3.05, 3.63) is 35.9 Å². The zero-order valence-electron chi connectivity index (χ0n) is 13.3. The number of nitrogens with one attached hydrogen (secondary N) is 1. The molecule has 1 heterocycles. The van der Waals surface area contributed by atoms with Gasteiger partial charge in [-0.1, -0.05) is 37.3 Å². The van der Waals surface area contributed by atoms with Crippen LogP contribution in [0.5, 0.6) is 0 Å². The second-order valence-corrected chi connectivity index (χ2v) is 5.99. The van der Waals surface area contributed by atoms with Crippen molar-refractivity contribution in [2.75, 3.05) is 6.61 Å². The molecule has 0 aromatic heterocycles. The largest absolute Gasteiger partial charge is 0.466 e. The number of carbonyl (C=O) groups is 2. The molecule has 0 spiro atoms. The van der Waals surface area contributed by atoms with Gasteiger partial charge >= 0.3 is 12.1 Å². The third-order valence-electron chi connectivity index (χ3n) is 4.41. The Morgan fingerprint density at radius 1 is 1.41 bits per heavy atom. The van der Waals surface area contributed by atoms with Crippen LogP contribution in [0.2, 0.25) is 0 Å². The zero-order chi connectivity index (χ0) is 16.2. The van der Waals surface area contributed by atoms with E-state index in [-0.39, 0.29) is 24.0 Å². The molecule has 1 N–H and O–H groups in total. The third-order valence-corrected chi connectivity index (χ3v) is 4.41. The summed E-state index contributed by atoms with van der Waals surface area (Å²) in [5, 5.41) is 2.90. The lowest BCUT2D eigenvalue weighted by Gasteiger charge is -2.34. The number of carbonyl (C=O) groups excluding carboxylic acids is 2. The minimum atomic E-state index is -0.618. The highest BCUT2D eigenvalue weighted by atomic mass is 16.6. The van der Waals surface area contributed by atoms with Crippen molar-refractivity contribution in [1.29, 1.82) is 0 Å². The number of cyclic esters (lactones) is 1. The summed E-state index contributed by atoms with van der Waals surface area (Å²) in [6.07, 6.45) is 0.972. The molecule has 1 saturated heterocycles. The summed E-state index contributed by atoms with van der Waals surface area (Å²) in [6, 6.07) is 9.90. The van der Waals surface area contributed by atoms with Crippen LogP contribution in [0, 0.1) is 5.92 Å². The average Bonchev–Trinajstić information content (AvgIpc) is 2.75. The molecule has 3 atom stereocenters. The minimum absolute atomic E-state index is 0.0690. The Kier molecular flexibility index (Phi) is 5.06. The maximum Gasteiger partial charge on any atom is 0.408 e. The number of hydrogen-bond acceptors (Lipinski definition) is 4. The quantitative estimate of drug-likeness (QED) is 0.821. The van der Waals surface area contributed by atoms with Gasteiger partial charge in [0.15, 0.2) is 0 Å². The van der Waals surface area contributed by atoms with Crippen LogP contribution in [0.15, 0.2) is 30.3 Å². The predicted octanol–water partition coefficient (Wildman–Crippen LogP) is 2.69. The lowest BCUT2D eigenvalue weighted by atomic mass is 9.80. The van der Waals surface area contributed by atoms with Gasteiger partial charge in [0, 0.05) is 12.8 Å². The highest BCUT2D eigenvalue weighted by Crippen LogP contribution is 2.34. The van der Waals surface area contributed by atoms with Crippen molar-refractivity contribution < 1.29 is 19.1 Å². The van der Waals surface area contributed by atoms with E-state index in [0.717, 1.165) is 5.56 Å². The smallest absolute Gasteiger partial charge is 0.408 e. The van der Waals surface area contributed by atoms with E-state index in [0.29, 0.717) is 19.4 Å². The van der Waals surface area contributed by atoms with Crippen molar-refractivity contribution >= 4 is 12.1 Å². The molecule has 1 fully saturated rings. The normalized spacial score (nSPS) is 25.2. The molecular formula is C17H23NO4. The second-order valence-electron chi connectivity index (χ2n) is 5.99. The lowest BCUT2D eigenvalue weighted by Crippen LogP contribution is -2.47. The molecule has 2 rings (SSSR count). The van der Waals surface area contributed by atoms with Crippen molar-refractivity contribution in [2.24, 2.45) is 5.92 Å². The van der Waals surface area contributed by atoms with Crippen molar-refractivity contribution in [3.8, 4) is 0 Å². The van der Waals surface area contributed by atoms with Crippen molar-refractivity contribution in [2.45, 2.75) is 45.3 Å². The number of rotatable bonds is 6. The van der Waals surface area contributed by atoms with Gasteiger partial charge in [-0.2, -0.15) is 0 Å². The fourth-order valence-electron chi connectivity index (χ4n) is 2.80. The van der Waals surface area contributed by atoms with Gasteiger partial charge in [0.05, 0.1) is 12.6 Å². The van der Waals surface area contributed by atoms with Gasteiger partial charge < -0.3 is 14.8 Å². The van der Waals surface area contributed by atoms with Crippen LogP contribution in [0.25, 0.3) is 0 Å². The Labute approximate surface area is 131 Å². The first kappa shape index (κ1) is 16.3. The predicted molar refractivity (Wildman–Crippen MR) is 82.4 cm³/mol. The van der Waals surface area contributed by atoms with E-state index < -0.39 is 5.60 Å². The third kappa shape index (κ3) is 3.78. The van der Waals surface area contributed by atoms with Gasteiger partial charge in [0.1, 0.15) is 5.60 Å². The van der Waals surface area contributed by atoms with Crippen LogP contribution in [0.3, 0.4) is 0 Å². The molecule has 1 aromatic carbocycles. The van der Waals surface area contributed by atoms with Gasteiger partial charge in [-0.25, -0.2) is 4.79 Å². The van der Waals surface area contributed by atoms with E-state index in [2.05, 4.69) is 5.32 Å². The lowest BCUT2D eigenvalue weighted by molar-refractivity contribution is -0.141. The van der Waals surface area contributed by atoms with Crippen molar-refractivity contribution in [3.63, 3.8) is 0 Å². The summed E-state index contributed by atoms with van der Waals surface area (Å²) >= 11 is 0. The number of ether oxygens (including phenoxy) is 2. The summed E-state index contributed by atoms with van der Waals surface area (Å²) in [5.74, 6) is -0.223. The molecule has 1 amide bonds. The van der Waals surface area contributed by atoms with E-state index in [1.807, 2.05) is 44.2 Å². The molecule has 0 unspecified atom stereocenters. The fourth-order valence-corrected chi connectivity index (χ4v) is 2.80. The molecule has 0 bridgehead atoms. The molecule has 0 saturated carbocycles. The molecule has 5 heteroatoms. The van der Waals surface area contributed by atoms with Gasteiger partial charge in [0.2, 0.25) is 0 Å². The molecule has 1 aliphatic heterocycles.